The fourth-order valence-electron chi connectivity index (χ4n) is 5.88. The molecule has 6 nitrogen and oxygen atoms in total. The fourth-order valence-corrected chi connectivity index (χ4v) is 6.37. The molecule has 2 unspecified atom stereocenters. The minimum absolute atomic E-state index is 0.114. The van der Waals surface area contributed by atoms with Gasteiger partial charge >= 0.3 is 6.01 Å². The van der Waals surface area contributed by atoms with E-state index in [0.717, 1.165) is 32.2 Å². The zero-order chi connectivity index (χ0) is 22.0. The standard InChI is InChI=1S/C22H24BrClF2N4O2/c23-17-16(24)6-15-19(18(17)26)27-21(28-20(15)29-9-13-2-3-14(10-29)32-13)31-11-22-4-1-5-30(22)8-12(25)7-22/h6,12-14H,1-5,7-11H2/t12-,13?,14?,22+/m1/s1. The average molecular weight is 530 g/mol. The molecule has 4 saturated heterocycles. The Hall–Kier alpha value is -1.29. The van der Waals surface area contributed by atoms with E-state index < -0.39 is 12.0 Å². The van der Waals surface area contributed by atoms with Gasteiger partial charge in [-0.25, -0.2) is 8.78 Å². The number of alkyl halides is 1. The molecular weight excluding hydrogens is 506 g/mol. The second kappa shape index (κ2) is 7.89. The molecule has 4 aliphatic rings. The molecule has 4 atom stereocenters. The molecule has 0 amide bonds. The minimum atomic E-state index is -0.841. The molecule has 1 aromatic carbocycles. The Kier molecular flexibility index (Phi) is 5.24. The number of nitrogens with zero attached hydrogens (tertiary/aromatic N) is 4. The lowest BCUT2D eigenvalue weighted by Crippen LogP contribution is -2.44. The normalized spacial score (nSPS) is 32.1. The van der Waals surface area contributed by atoms with Gasteiger partial charge in [0, 0.05) is 31.4 Å². The fraction of sp³-hybridized carbons (Fsp3) is 0.636. The van der Waals surface area contributed by atoms with Gasteiger partial charge in [0.2, 0.25) is 0 Å². The lowest BCUT2D eigenvalue weighted by atomic mass is 9.95. The zero-order valence-corrected chi connectivity index (χ0v) is 19.8. The van der Waals surface area contributed by atoms with Gasteiger partial charge in [0.25, 0.3) is 0 Å². The number of benzene rings is 1. The number of hydrogen-bond acceptors (Lipinski definition) is 6. The molecule has 0 spiro atoms. The van der Waals surface area contributed by atoms with Crippen molar-refractivity contribution < 1.29 is 18.3 Å². The molecule has 1 aromatic heterocycles. The Labute approximate surface area is 198 Å². The molecular formula is C22H24BrClF2N4O2. The van der Waals surface area contributed by atoms with Gasteiger partial charge in [-0.1, -0.05) is 11.6 Å². The molecule has 4 aliphatic heterocycles. The van der Waals surface area contributed by atoms with Gasteiger partial charge in [-0.05, 0) is 54.2 Å². The van der Waals surface area contributed by atoms with E-state index in [9.17, 15) is 4.39 Å². The smallest absolute Gasteiger partial charge is 0.319 e. The van der Waals surface area contributed by atoms with Gasteiger partial charge in [-0.3, -0.25) is 4.90 Å². The van der Waals surface area contributed by atoms with Gasteiger partial charge in [0.1, 0.15) is 24.1 Å². The maximum absolute atomic E-state index is 15.2. The largest absolute Gasteiger partial charge is 0.461 e. The molecule has 4 fully saturated rings. The molecule has 0 radical (unpaired) electrons. The summed E-state index contributed by atoms with van der Waals surface area (Å²) >= 11 is 9.50. The van der Waals surface area contributed by atoms with E-state index in [1.807, 2.05) is 0 Å². The van der Waals surface area contributed by atoms with Crippen LogP contribution >= 0.6 is 27.5 Å². The Balaban J connectivity index is 1.38. The Morgan fingerprint density at radius 1 is 1.25 bits per heavy atom. The quantitative estimate of drug-likeness (QED) is 0.544. The van der Waals surface area contributed by atoms with Crippen LogP contribution in [-0.2, 0) is 4.74 Å². The van der Waals surface area contributed by atoms with Crippen LogP contribution in [-0.4, -0.2) is 71.6 Å². The van der Waals surface area contributed by atoms with Crippen molar-refractivity contribution in [1.29, 1.82) is 0 Å². The van der Waals surface area contributed by atoms with Crippen LogP contribution < -0.4 is 9.64 Å². The summed E-state index contributed by atoms with van der Waals surface area (Å²) < 4.78 is 41.5. The van der Waals surface area contributed by atoms with E-state index >= 15 is 4.39 Å². The van der Waals surface area contributed by atoms with E-state index in [-0.39, 0.29) is 38.8 Å². The lowest BCUT2D eigenvalue weighted by Gasteiger charge is -2.34. The van der Waals surface area contributed by atoms with E-state index in [1.54, 1.807) is 6.07 Å². The van der Waals surface area contributed by atoms with Crippen LogP contribution in [0.5, 0.6) is 6.01 Å². The number of aromatic nitrogens is 2. The second-order valence-electron chi connectivity index (χ2n) is 9.44. The molecule has 0 N–H and O–H groups in total. The lowest BCUT2D eigenvalue weighted by molar-refractivity contribution is 0.0302. The highest BCUT2D eigenvalue weighted by atomic mass is 79.9. The molecule has 172 valence electrons. The van der Waals surface area contributed by atoms with Gasteiger partial charge in [-0.15, -0.1) is 0 Å². The summed E-state index contributed by atoms with van der Waals surface area (Å²) in [5.74, 6) is 0.0663. The summed E-state index contributed by atoms with van der Waals surface area (Å²) in [7, 11) is 0. The van der Waals surface area contributed by atoms with E-state index in [0.29, 0.717) is 43.9 Å². The van der Waals surface area contributed by atoms with Crippen LogP contribution in [0.25, 0.3) is 10.9 Å². The van der Waals surface area contributed by atoms with Gasteiger partial charge in [-0.2, -0.15) is 9.97 Å². The number of morpholine rings is 1. The number of anilines is 1. The van der Waals surface area contributed by atoms with Crippen LogP contribution in [0.4, 0.5) is 14.6 Å². The first-order valence-electron chi connectivity index (χ1n) is 11.2. The van der Waals surface area contributed by atoms with E-state index in [4.69, 9.17) is 26.1 Å². The molecule has 5 heterocycles. The van der Waals surface area contributed by atoms with Gasteiger partial charge in [0.05, 0.1) is 27.2 Å². The average Bonchev–Trinajstić information content (AvgIpc) is 3.41. The number of ether oxygens (including phenoxy) is 2. The highest BCUT2D eigenvalue weighted by Crippen LogP contribution is 2.41. The Morgan fingerprint density at radius 3 is 2.81 bits per heavy atom. The monoisotopic (exact) mass is 528 g/mol. The second-order valence-corrected chi connectivity index (χ2v) is 10.6. The summed E-state index contributed by atoms with van der Waals surface area (Å²) in [4.78, 5) is 13.4. The molecule has 2 aromatic rings. The third kappa shape index (κ3) is 3.47. The van der Waals surface area contributed by atoms with Crippen molar-refractivity contribution in [2.45, 2.75) is 56.0 Å². The number of halogens is 4. The summed E-state index contributed by atoms with van der Waals surface area (Å²) in [5, 5.41) is 0.819. The van der Waals surface area contributed by atoms with E-state index in [2.05, 4.69) is 30.7 Å². The van der Waals surface area contributed by atoms with Gasteiger partial charge in [0.15, 0.2) is 5.82 Å². The summed E-state index contributed by atoms with van der Waals surface area (Å²) in [6, 6.07) is 1.81. The molecule has 10 heteroatoms. The number of fused-ring (bicyclic) bond motifs is 4. The van der Waals surface area contributed by atoms with Crippen molar-refractivity contribution in [3.05, 3.63) is 21.4 Å². The summed E-state index contributed by atoms with van der Waals surface area (Å²) in [5.41, 5.74) is -0.162. The molecule has 0 aliphatic carbocycles. The highest BCUT2D eigenvalue weighted by Gasteiger charge is 2.49. The molecule has 32 heavy (non-hydrogen) atoms. The van der Waals surface area contributed by atoms with E-state index in [1.165, 1.54) is 0 Å². The number of rotatable bonds is 4. The predicted octanol–water partition coefficient (Wildman–Crippen LogP) is 4.51. The van der Waals surface area contributed by atoms with Crippen molar-refractivity contribution in [1.82, 2.24) is 14.9 Å². The first kappa shape index (κ1) is 21.3. The van der Waals surface area contributed by atoms with Crippen molar-refractivity contribution in [2.24, 2.45) is 0 Å². The Bertz CT molecular complexity index is 1070. The van der Waals surface area contributed by atoms with Crippen molar-refractivity contribution in [3.8, 4) is 6.01 Å². The minimum Gasteiger partial charge on any atom is -0.461 e. The SMILES string of the molecule is Fc1c(Br)c(Cl)cc2c(N3CC4CCC(C3)O4)nc(OC[C@@]34CCCN3C[C@H](F)C4)nc12. The zero-order valence-electron chi connectivity index (χ0n) is 17.5. The topological polar surface area (TPSA) is 50.7 Å². The third-order valence-corrected chi connectivity index (χ3v) is 8.66. The number of hydrogen-bond donors (Lipinski definition) is 0. The molecule has 0 saturated carbocycles. The van der Waals surface area contributed by atoms with Crippen LogP contribution in [0.15, 0.2) is 10.5 Å². The maximum atomic E-state index is 15.2. The summed E-state index contributed by atoms with van der Waals surface area (Å²) in [6.07, 6.45) is 3.83. The maximum Gasteiger partial charge on any atom is 0.319 e. The predicted molar refractivity (Wildman–Crippen MR) is 121 cm³/mol. The van der Waals surface area contributed by atoms with Crippen LogP contribution in [0.3, 0.4) is 0 Å². The highest BCUT2D eigenvalue weighted by molar-refractivity contribution is 9.10. The van der Waals surface area contributed by atoms with Crippen LogP contribution in [0, 0.1) is 5.82 Å². The van der Waals surface area contributed by atoms with Crippen LogP contribution in [0.2, 0.25) is 5.02 Å². The van der Waals surface area contributed by atoms with Crippen molar-refractivity contribution >= 4 is 44.3 Å². The van der Waals surface area contributed by atoms with Crippen LogP contribution in [0.1, 0.15) is 32.1 Å². The van der Waals surface area contributed by atoms with Gasteiger partial charge < -0.3 is 14.4 Å². The Morgan fingerprint density at radius 2 is 2.03 bits per heavy atom. The molecule has 2 bridgehead atoms. The first-order chi connectivity index (χ1) is 15.4. The first-order valence-corrected chi connectivity index (χ1v) is 12.4. The van der Waals surface area contributed by atoms with Crippen molar-refractivity contribution in [3.63, 3.8) is 0 Å². The summed E-state index contributed by atoms with van der Waals surface area (Å²) in [6.45, 7) is 2.98. The van der Waals surface area contributed by atoms with Crippen molar-refractivity contribution in [2.75, 3.05) is 37.7 Å². The third-order valence-electron chi connectivity index (χ3n) is 7.36. The molecule has 6 rings (SSSR count).